The van der Waals surface area contributed by atoms with Crippen molar-refractivity contribution in [2.75, 3.05) is 29.9 Å². The Morgan fingerprint density at radius 2 is 1.67 bits per heavy atom. The number of hydrogen-bond donors (Lipinski definition) is 1. The predicted molar refractivity (Wildman–Crippen MR) is 119 cm³/mol. The van der Waals surface area contributed by atoms with E-state index in [0.717, 1.165) is 54.4 Å². The molecule has 0 atom stereocenters. The second-order valence-electron chi connectivity index (χ2n) is 7.35. The normalized spacial score (nSPS) is 14.4. The predicted octanol–water partition coefficient (Wildman–Crippen LogP) is 4.40. The minimum Gasteiger partial charge on any atom is -0.494 e. The highest BCUT2D eigenvalue weighted by atomic mass is 16.5. The molecule has 1 aliphatic heterocycles. The zero-order chi connectivity index (χ0) is 20.8. The van der Waals surface area contributed by atoms with Crippen molar-refractivity contribution >= 4 is 17.5 Å². The monoisotopic (exact) mass is 402 g/mol. The number of ether oxygens (including phenoxy) is 1. The molecular formula is C24H26N4O2. The average Bonchev–Trinajstić information content (AvgIpc) is 2.81. The third-order valence-corrected chi connectivity index (χ3v) is 5.33. The first kappa shape index (κ1) is 19.9. The molecular weight excluding hydrogens is 376 g/mol. The van der Waals surface area contributed by atoms with Crippen molar-refractivity contribution < 1.29 is 9.53 Å². The minimum atomic E-state index is -0.00332. The molecule has 2 heterocycles. The zero-order valence-corrected chi connectivity index (χ0v) is 17.1. The van der Waals surface area contributed by atoms with E-state index in [2.05, 4.69) is 20.2 Å². The number of carbonyl (C=O) groups excluding carboxylic acids is 1. The van der Waals surface area contributed by atoms with Gasteiger partial charge in [0, 0.05) is 42.7 Å². The van der Waals surface area contributed by atoms with Crippen LogP contribution in [0.4, 0.5) is 11.6 Å². The number of anilines is 2. The van der Waals surface area contributed by atoms with Crippen LogP contribution in [0.15, 0.2) is 67.0 Å². The first-order valence-corrected chi connectivity index (χ1v) is 10.4. The molecule has 0 aliphatic carbocycles. The van der Waals surface area contributed by atoms with Crippen LogP contribution < -0.4 is 15.0 Å². The molecule has 4 rings (SSSR count). The van der Waals surface area contributed by atoms with Crippen molar-refractivity contribution in [3.8, 4) is 16.9 Å². The fourth-order valence-corrected chi connectivity index (χ4v) is 3.65. The molecule has 3 aromatic rings. The lowest BCUT2D eigenvalue weighted by molar-refractivity contribution is -0.120. The summed E-state index contributed by atoms with van der Waals surface area (Å²) >= 11 is 0. The number of aromatic nitrogens is 2. The van der Waals surface area contributed by atoms with Gasteiger partial charge in [0.05, 0.1) is 6.61 Å². The first-order chi connectivity index (χ1) is 14.7. The Morgan fingerprint density at radius 1 is 1.00 bits per heavy atom. The van der Waals surface area contributed by atoms with E-state index < -0.39 is 0 Å². The Kier molecular flexibility index (Phi) is 6.23. The van der Waals surface area contributed by atoms with E-state index in [9.17, 15) is 4.79 Å². The summed E-state index contributed by atoms with van der Waals surface area (Å²) < 4.78 is 5.44. The molecule has 1 aromatic heterocycles. The van der Waals surface area contributed by atoms with E-state index in [1.807, 2.05) is 73.9 Å². The van der Waals surface area contributed by atoms with Gasteiger partial charge < -0.3 is 15.0 Å². The highest BCUT2D eigenvalue weighted by molar-refractivity contribution is 5.92. The van der Waals surface area contributed by atoms with Crippen LogP contribution in [0.5, 0.6) is 5.75 Å². The molecule has 0 unspecified atom stereocenters. The van der Waals surface area contributed by atoms with Crippen LogP contribution in [-0.4, -0.2) is 35.6 Å². The molecule has 1 amide bonds. The Labute approximate surface area is 176 Å². The molecule has 0 bridgehead atoms. The van der Waals surface area contributed by atoms with Gasteiger partial charge in [-0.3, -0.25) is 4.79 Å². The largest absolute Gasteiger partial charge is 0.494 e. The fourth-order valence-electron chi connectivity index (χ4n) is 3.65. The Morgan fingerprint density at radius 3 is 2.30 bits per heavy atom. The highest BCUT2D eigenvalue weighted by Gasteiger charge is 2.26. The molecule has 1 aliphatic rings. The third-order valence-electron chi connectivity index (χ3n) is 5.33. The van der Waals surface area contributed by atoms with Crippen molar-refractivity contribution in [3.05, 3.63) is 67.0 Å². The molecule has 30 heavy (non-hydrogen) atoms. The second-order valence-corrected chi connectivity index (χ2v) is 7.35. The second kappa shape index (κ2) is 9.39. The molecule has 1 fully saturated rings. The van der Waals surface area contributed by atoms with E-state index in [0.29, 0.717) is 6.61 Å². The van der Waals surface area contributed by atoms with Crippen molar-refractivity contribution in [3.63, 3.8) is 0 Å². The summed E-state index contributed by atoms with van der Waals surface area (Å²) in [6.07, 6.45) is 5.30. The van der Waals surface area contributed by atoms with Crippen LogP contribution in [0.25, 0.3) is 11.1 Å². The standard InChI is InChI=1S/C24H26N4O2/c1-2-30-22-10-8-21(9-11-22)27-23(29)19-12-14-28(15-13-19)24-25-16-20(17-26-24)18-6-4-3-5-7-18/h3-11,16-17,19H,2,12-15H2,1H3,(H,27,29). The van der Waals surface area contributed by atoms with E-state index in [1.54, 1.807) is 0 Å². The maximum absolute atomic E-state index is 12.6. The zero-order valence-electron chi connectivity index (χ0n) is 17.1. The van der Waals surface area contributed by atoms with Gasteiger partial charge in [0.25, 0.3) is 0 Å². The van der Waals surface area contributed by atoms with Crippen molar-refractivity contribution in [2.24, 2.45) is 5.92 Å². The Bertz CT molecular complexity index is 951. The van der Waals surface area contributed by atoms with Crippen LogP contribution in [0.3, 0.4) is 0 Å². The number of piperidine rings is 1. The molecule has 1 saturated heterocycles. The molecule has 6 nitrogen and oxygen atoms in total. The summed E-state index contributed by atoms with van der Waals surface area (Å²) in [6, 6.07) is 17.6. The maximum atomic E-state index is 12.6. The smallest absolute Gasteiger partial charge is 0.227 e. The van der Waals surface area contributed by atoms with Crippen molar-refractivity contribution in [1.29, 1.82) is 0 Å². The minimum absolute atomic E-state index is 0.00332. The van der Waals surface area contributed by atoms with E-state index in [1.165, 1.54) is 0 Å². The van der Waals surface area contributed by atoms with Crippen LogP contribution in [0.1, 0.15) is 19.8 Å². The lowest BCUT2D eigenvalue weighted by Crippen LogP contribution is -2.39. The molecule has 2 aromatic carbocycles. The molecule has 6 heteroatoms. The Balaban J connectivity index is 1.30. The van der Waals surface area contributed by atoms with E-state index in [-0.39, 0.29) is 11.8 Å². The molecule has 0 spiro atoms. The summed E-state index contributed by atoms with van der Waals surface area (Å²) in [4.78, 5) is 23.9. The first-order valence-electron chi connectivity index (χ1n) is 10.4. The van der Waals surface area contributed by atoms with Gasteiger partial charge in [0.2, 0.25) is 11.9 Å². The van der Waals surface area contributed by atoms with Crippen LogP contribution in [0.2, 0.25) is 0 Å². The SMILES string of the molecule is CCOc1ccc(NC(=O)C2CCN(c3ncc(-c4ccccc4)cn3)CC2)cc1. The quantitative estimate of drug-likeness (QED) is 0.662. The van der Waals surface area contributed by atoms with E-state index >= 15 is 0 Å². The molecule has 1 N–H and O–H groups in total. The topological polar surface area (TPSA) is 67.3 Å². The maximum Gasteiger partial charge on any atom is 0.227 e. The summed E-state index contributed by atoms with van der Waals surface area (Å²) in [5, 5.41) is 3.02. The fraction of sp³-hybridized carbons (Fsp3) is 0.292. The van der Waals surface area contributed by atoms with Gasteiger partial charge in [-0.05, 0) is 49.6 Å². The third kappa shape index (κ3) is 4.76. The average molecular weight is 402 g/mol. The Hall–Kier alpha value is -3.41. The van der Waals surface area contributed by atoms with E-state index in [4.69, 9.17) is 4.74 Å². The van der Waals surface area contributed by atoms with Crippen molar-refractivity contribution in [2.45, 2.75) is 19.8 Å². The highest BCUT2D eigenvalue weighted by Crippen LogP contribution is 2.24. The van der Waals surface area contributed by atoms with Gasteiger partial charge in [-0.2, -0.15) is 0 Å². The number of carbonyl (C=O) groups is 1. The number of nitrogens with zero attached hydrogens (tertiary/aromatic N) is 3. The number of benzene rings is 2. The van der Waals surface area contributed by atoms with Crippen LogP contribution >= 0.6 is 0 Å². The lowest BCUT2D eigenvalue weighted by Gasteiger charge is -2.31. The number of rotatable bonds is 6. The van der Waals surface area contributed by atoms with Gasteiger partial charge in [-0.15, -0.1) is 0 Å². The number of hydrogen-bond acceptors (Lipinski definition) is 5. The molecule has 154 valence electrons. The van der Waals surface area contributed by atoms with Crippen molar-refractivity contribution in [1.82, 2.24) is 9.97 Å². The molecule has 0 radical (unpaired) electrons. The van der Waals surface area contributed by atoms with Gasteiger partial charge in [-0.25, -0.2) is 9.97 Å². The van der Waals surface area contributed by atoms with Gasteiger partial charge >= 0.3 is 0 Å². The van der Waals surface area contributed by atoms with Gasteiger partial charge in [0.15, 0.2) is 0 Å². The number of amides is 1. The summed E-state index contributed by atoms with van der Waals surface area (Å²) in [6.45, 7) is 4.12. The van der Waals surface area contributed by atoms with Gasteiger partial charge in [-0.1, -0.05) is 30.3 Å². The summed E-state index contributed by atoms with van der Waals surface area (Å²) in [5.74, 6) is 1.60. The van der Waals surface area contributed by atoms with Crippen LogP contribution in [0, 0.1) is 5.92 Å². The summed E-state index contributed by atoms with van der Waals surface area (Å²) in [7, 11) is 0. The van der Waals surface area contributed by atoms with Gasteiger partial charge in [0.1, 0.15) is 5.75 Å². The summed E-state index contributed by atoms with van der Waals surface area (Å²) in [5.41, 5.74) is 2.91. The lowest BCUT2D eigenvalue weighted by atomic mass is 9.96. The van der Waals surface area contributed by atoms with Crippen LogP contribution in [-0.2, 0) is 4.79 Å². The molecule has 0 saturated carbocycles. The number of nitrogens with one attached hydrogen (secondary N) is 1.